The highest BCUT2D eigenvalue weighted by atomic mass is 127. The molecule has 3 aromatic rings. The highest BCUT2D eigenvalue weighted by Crippen LogP contribution is 2.34. The van der Waals surface area contributed by atoms with Gasteiger partial charge in [0.25, 0.3) is 11.6 Å². The summed E-state index contributed by atoms with van der Waals surface area (Å²) in [6.45, 7) is 3.48. The van der Waals surface area contributed by atoms with Crippen molar-refractivity contribution in [1.82, 2.24) is 16.1 Å². The van der Waals surface area contributed by atoms with Crippen molar-refractivity contribution in [3.8, 4) is 11.5 Å². The molecule has 0 radical (unpaired) electrons. The summed E-state index contributed by atoms with van der Waals surface area (Å²) < 4.78 is 18.4. The molecular formula is C30H27BrIN5O7S. The molecule has 234 valence electrons. The van der Waals surface area contributed by atoms with Crippen LogP contribution in [0.15, 0.2) is 81.5 Å². The zero-order valence-electron chi connectivity index (χ0n) is 24.0. The number of non-ortho nitro benzene ring substituents is 1. The van der Waals surface area contributed by atoms with Crippen LogP contribution in [0.5, 0.6) is 11.5 Å². The first-order valence-corrected chi connectivity index (χ1v) is 15.7. The van der Waals surface area contributed by atoms with E-state index >= 15 is 0 Å². The summed E-state index contributed by atoms with van der Waals surface area (Å²) in [7, 11) is 0. The SMILES string of the molecule is CCOC(=O)C1=C(C)NC(=S)N[C@H]1c1ccccc1OCC(=O)NN=Cc1cc(Br)c(OCc2cccc([N+](=O)[O-])c2)c(I)c1. The van der Waals surface area contributed by atoms with Crippen molar-refractivity contribution >= 4 is 79.6 Å². The van der Waals surface area contributed by atoms with E-state index in [4.69, 9.17) is 26.4 Å². The third-order valence-corrected chi connectivity index (χ3v) is 7.89. The standard InChI is InChI=1S/C30H27BrIN5O7S/c1-3-42-29(39)26-17(2)34-30(45)35-27(26)21-9-4-5-10-24(21)43-16-25(38)36-33-14-19-12-22(31)28(23(32)13-19)44-15-18-7-6-8-20(11-18)37(40)41/h4-14,27H,3,15-16H2,1-2H3,(H,36,38)(H2,34,35,45)/t27-/m0/s1. The summed E-state index contributed by atoms with van der Waals surface area (Å²) in [5.74, 6) is -0.0475. The number of nitrogens with zero attached hydrogens (tertiary/aromatic N) is 2. The number of allylic oxidation sites excluding steroid dienone is 1. The maximum atomic E-state index is 12.7. The summed E-state index contributed by atoms with van der Waals surface area (Å²) in [5.41, 5.74) is 5.30. The number of amides is 1. The fourth-order valence-electron chi connectivity index (χ4n) is 4.32. The van der Waals surface area contributed by atoms with E-state index in [1.807, 2.05) is 6.07 Å². The lowest BCUT2D eigenvalue weighted by atomic mass is 9.95. The van der Waals surface area contributed by atoms with Gasteiger partial charge in [-0.15, -0.1) is 0 Å². The number of hydrogen-bond donors (Lipinski definition) is 3. The van der Waals surface area contributed by atoms with Crippen molar-refractivity contribution in [1.29, 1.82) is 0 Å². The van der Waals surface area contributed by atoms with Crippen LogP contribution in [0.3, 0.4) is 0 Å². The molecule has 0 saturated carbocycles. The molecule has 0 unspecified atom stereocenters. The maximum absolute atomic E-state index is 12.7. The van der Waals surface area contributed by atoms with Crippen LogP contribution in [0, 0.1) is 13.7 Å². The minimum absolute atomic E-state index is 0.00751. The summed E-state index contributed by atoms with van der Waals surface area (Å²) in [6, 6.07) is 16.2. The molecule has 0 spiro atoms. The van der Waals surface area contributed by atoms with Gasteiger partial charge in [-0.25, -0.2) is 10.2 Å². The van der Waals surface area contributed by atoms with Gasteiger partial charge in [-0.3, -0.25) is 14.9 Å². The van der Waals surface area contributed by atoms with E-state index in [0.717, 1.165) is 3.57 Å². The predicted molar refractivity (Wildman–Crippen MR) is 183 cm³/mol. The van der Waals surface area contributed by atoms with Crippen molar-refractivity contribution in [3.05, 3.63) is 107 Å². The average Bonchev–Trinajstić information content (AvgIpc) is 2.99. The lowest BCUT2D eigenvalue weighted by molar-refractivity contribution is -0.384. The normalized spacial score (nSPS) is 14.4. The Morgan fingerprint density at radius 1 is 1.18 bits per heavy atom. The number of rotatable bonds is 12. The molecule has 0 bridgehead atoms. The first-order valence-electron chi connectivity index (χ1n) is 13.4. The second kappa shape index (κ2) is 15.8. The van der Waals surface area contributed by atoms with Gasteiger partial charge >= 0.3 is 5.97 Å². The second-order valence-corrected chi connectivity index (χ2v) is 11.9. The number of hydrogen-bond acceptors (Lipinski definition) is 9. The number of nitrogens with one attached hydrogen (secondary N) is 3. The lowest BCUT2D eigenvalue weighted by Gasteiger charge is -2.30. The molecule has 0 aromatic heterocycles. The van der Waals surface area contributed by atoms with Crippen LogP contribution < -0.4 is 25.5 Å². The quantitative estimate of drug-likeness (QED) is 0.0540. The molecule has 3 N–H and O–H groups in total. The summed E-state index contributed by atoms with van der Waals surface area (Å²) in [4.78, 5) is 35.9. The molecular weight excluding hydrogens is 781 g/mol. The molecule has 0 fully saturated rings. The fourth-order valence-corrected chi connectivity index (χ4v) is 6.36. The predicted octanol–water partition coefficient (Wildman–Crippen LogP) is 5.43. The number of thiocarbonyl (C=S) groups is 1. The molecule has 1 heterocycles. The third-order valence-electron chi connectivity index (χ3n) is 6.28. The van der Waals surface area contributed by atoms with Crippen LogP contribution in [0.1, 0.15) is 36.6 Å². The van der Waals surface area contributed by atoms with E-state index in [1.165, 1.54) is 18.3 Å². The van der Waals surface area contributed by atoms with E-state index in [9.17, 15) is 19.7 Å². The minimum atomic E-state index is -0.644. The smallest absolute Gasteiger partial charge is 0.338 e. The van der Waals surface area contributed by atoms with Crippen molar-refractivity contribution < 1.29 is 28.7 Å². The van der Waals surface area contributed by atoms with E-state index < -0.39 is 22.8 Å². The Balaban J connectivity index is 1.37. The molecule has 0 saturated heterocycles. The van der Waals surface area contributed by atoms with Crippen LogP contribution in [0.2, 0.25) is 0 Å². The van der Waals surface area contributed by atoms with Crippen LogP contribution in [-0.2, 0) is 20.9 Å². The minimum Gasteiger partial charge on any atom is -0.487 e. The Labute approximate surface area is 286 Å². The average molecular weight is 808 g/mol. The number of ether oxygens (including phenoxy) is 3. The topological polar surface area (TPSA) is 153 Å². The molecule has 45 heavy (non-hydrogen) atoms. The van der Waals surface area contributed by atoms with Gasteiger partial charge in [0.2, 0.25) is 0 Å². The Bertz CT molecular complexity index is 1680. The molecule has 15 heteroatoms. The van der Waals surface area contributed by atoms with Gasteiger partial charge in [0.05, 0.1) is 37.4 Å². The van der Waals surface area contributed by atoms with Gasteiger partial charge in [0, 0.05) is 23.4 Å². The van der Waals surface area contributed by atoms with E-state index in [-0.39, 0.29) is 25.5 Å². The van der Waals surface area contributed by atoms with E-state index in [1.54, 1.807) is 56.3 Å². The van der Waals surface area contributed by atoms with Gasteiger partial charge in [-0.1, -0.05) is 30.3 Å². The zero-order chi connectivity index (χ0) is 32.5. The molecule has 1 atom stereocenters. The summed E-state index contributed by atoms with van der Waals surface area (Å²) in [5, 5.41) is 21.4. The van der Waals surface area contributed by atoms with Crippen molar-refractivity contribution in [2.75, 3.05) is 13.2 Å². The van der Waals surface area contributed by atoms with E-state index in [2.05, 4.69) is 59.7 Å². The van der Waals surface area contributed by atoms with Gasteiger partial charge in [0.15, 0.2) is 11.7 Å². The van der Waals surface area contributed by atoms with Crippen molar-refractivity contribution in [2.24, 2.45) is 5.10 Å². The largest absolute Gasteiger partial charge is 0.487 e. The number of carbonyl (C=O) groups excluding carboxylic acids is 2. The molecule has 1 aliphatic rings. The number of esters is 1. The van der Waals surface area contributed by atoms with E-state index in [0.29, 0.717) is 49.0 Å². The Morgan fingerprint density at radius 3 is 2.69 bits per heavy atom. The summed E-state index contributed by atoms with van der Waals surface area (Å²) >= 11 is 10.9. The molecule has 1 aliphatic heterocycles. The highest BCUT2D eigenvalue weighted by Gasteiger charge is 2.32. The number of carbonyl (C=O) groups is 2. The van der Waals surface area contributed by atoms with Crippen LogP contribution in [0.4, 0.5) is 5.69 Å². The Morgan fingerprint density at radius 2 is 1.96 bits per heavy atom. The Hall–Kier alpha value is -4.09. The first-order chi connectivity index (χ1) is 21.6. The van der Waals surface area contributed by atoms with Gasteiger partial charge in [-0.05, 0) is 93.9 Å². The molecule has 3 aromatic carbocycles. The number of halogens is 2. The number of hydrazone groups is 1. The van der Waals surface area contributed by atoms with Gasteiger partial charge in [-0.2, -0.15) is 5.10 Å². The molecule has 12 nitrogen and oxygen atoms in total. The highest BCUT2D eigenvalue weighted by molar-refractivity contribution is 14.1. The van der Waals surface area contributed by atoms with Crippen molar-refractivity contribution in [2.45, 2.75) is 26.5 Å². The van der Waals surface area contributed by atoms with Crippen molar-refractivity contribution in [3.63, 3.8) is 0 Å². The second-order valence-electron chi connectivity index (χ2n) is 9.44. The number of nitro groups is 1. The lowest BCUT2D eigenvalue weighted by Crippen LogP contribution is -2.45. The van der Waals surface area contributed by atoms with Crippen LogP contribution in [0.25, 0.3) is 0 Å². The molecule has 0 aliphatic carbocycles. The Kier molecular flexibility index (Phi) is 11.8. The van der Waals surface area contributed by atoms with Crippen LogP contribution in [-0.4, -0.2) is 41.3 Å². The zero-order valence-corrected chi connectivity index (χ0v) is 28.5. The molecule has 1 amide bonds. The fraction of sp³-hybridized carbons (Fsp3) is 0.200. The summed E-state index contributed by atoms with van der Waals surface area (Å²) in [6.07, 6.45) is 1.47. The van der Waals surface area contributed by atoms with Gasteiger partial charge < -0.3 is 24.8 Å². The number of benzene rings is 3. The van der Waals surface area contributed by atoms with Crippen LogP contribution >= 0.6 is 50.7 Å². The molecule has 4 rings (SSSR count). The van der Waals surface area contributed by atoms with Gasteiger partial charge in [0.1, 0.15) is 18.1 Å². The monoisotopic (exact) mass is 807 g/mol. The maximum Gasteiger partial charge on any atom is 0.338 e. The third kappa shape index (κ3) is 8.98. The number of nitro benzene ring substituents is 1. The number of para-hydroxylation sites is 1. The first kappa shape index (κ1) is 33.8.